The summed E-state index contributed by atoms with van der Waals surface area (Å²) in [6.07, 6.45) is 6.98. The largest absolute Gasteiger partial charge is 0.473 e. The molecule has 0 atom stereocenters. The SMILES string of the molecule is CC(C)(C(=O)Nc1ccc(-c2cncc(OC3CC3)n2)cc1)c1csc(NS(=O)(=O)C2CC2)n1. The molecule has 2 N–H and O–H groups in total. The van der Waals surface area contributed by atoms with Crippen molar-refractivity contribution >= 4 is 38.1 Å². The zero-order chi connectivity index (χ0) is 23.9. The van der Waals surface area contributed by atoms with Crippen LogP contribution in [0.1, 0.15) is 45.2 Å². The van der Waals surface area contributed by atoms with E-state index in [1.807, 2.05) is 12.1 Å². The predicted octanol–water partition coefficient (Wildman–Crippen LogP) is 3.96. The van der Waals surface area contributed by atoms with Gasteiger partial charge in [-0.15, -0.1) is 11.3 Å². The molecule has 0 unspecified atom stereocenters. The lowest BCUT2D eigenvalue weighted by Gasteiger charge is -2.21. The third kappa shape index (κ3) is 5.05. The van der Waals surface area contributed by atoms with Crippen LogP contribution < -0.4 is 14.8 Å². The molecule has 34 heavy (non-hydrogen) atoms. The van der Waals surface area contributed by atoms with Gasteiger partial charge in [-0.05, 0) is 51.7 Å². The first-order chi connectivity index (χ1) is 16.2. The number of ether oxygens (including phenoxy) is 1. The van der Waals surface area contributed by atoms with E-state index in [1.54, 1.807) is 43.8 Å². The van der Waals surface area contributed by atoms with Crippen LogP contribution >= 0.6 is 11.3 Å². The number of hydrogen-bond donors (Lipinski definition) is 2. The summed E-state index contributed by atoms with van der Waals surface area (Å²) in [7, 11) is -3.39. The predicted molar refractivity (Wildman–Crippen MR) is 130 cm³/mol. The standard InChI is InChI=1S/C23H25N5O4S2/c1-23(2,19-13-33-22(27-19)28-34(30,31)17-9-10-17)21(29)25-15-5-3-14(4-6-15)18-11-24-12-20(26-18)32-16-7-8-16/h3-6,11-13,16-17H,7-10H2,1-2H3,(H,25,29)(H,27,28). The molecule has 2 aromatic heterocycles. The quantitative estimate of drug-likeness (QED) is 0.457. The van der Waals surface area contributed by atoms with Crippen LogP contribution in [-0.4, -0.2) is 40.6 Å². The molecule has 9 nitrogen and oxygen atoms in total. The number of nitrogens with zero attached hydrogens (tertiary/aromatic N) is 3. The minimum Gasteiger partial charge on any atom is -0.473 e. The lowest BCUT2D eigenvalue weighted by Crippen LogP contribution is -2.35. The molecular formula is C23H25N5O4S2. The number of anilines is 2. The maximum atomic E-state index is 13.0. The molecule has 0 radical (unpaired) electrons. The van der Waals surface area contributed by atoms with Gasteiger partial charge in [-0.3, -0.25) is 14.5 Å². The Morgan fingerprint density at radius 2 is 1.82 bits per heavy atom. The second kappa shape index (κ2) is 8.62. The number of aromatic nitrogens is 3. The van der Waals surface area contributed by atoms with E-state index in [4.69, 9.17) is 4.74 Å². The molecule has 0 saturated heterocycles. The second-order valence-corrected chi connectivity index (χ2v) is 11.9. The summed E-state index contributed by atoms with van der Waals surface area (Å²) in [5.41, 5.74) is 1.73. The normalized spacial score (nSPS) is 16.2. The van der Waals surface area contributed by atoms with E-state index in [2.05, 4.69) is 25.0 Å². The second-order valence-electron chi connectivity index (χ2n) is 9.10. The van der Waals surface area contributed by atoms with Gasteiger partial charge in [0.2, 0.25) is 21.8 Å². The summed E-state index contributed by atoms with van der Waals surface area (Å²) in [5, 5.41) is 4.57. The first kappa shape index (κ1) is 22.7. The van der Waals surface area contributed by atoms with Gasteiger partial charge in [0.15, 0.2) is 5.13 Å². The summed E-state index contributed by atoms with van der Waals surface area (Å²) in [6, 6.07) is 7.33. The molecule has 5 rings (SSSR count). The van der Waals surface area contributed by atoms with Gasteiger partial charge in [0.25, 0.3) is 0 Å². The molecule has 178 valence electrons. The van der Waals surface area contributed by atoms with E-state index in [0.29, 0.717) is 35.8 Å². The molecule has 1 aromatic carbocycles. The van der Waals surface area contributed by atoms with Crippen LogP contribution in [-0.2, 0) is 20.2 Å². The van der Waals surface area contributed by atoms with Gasteiger partial charge in [0.05, 0.1) is 34.4 Å². The zero-order valence-electron chi connectivity index (χ0n) is 18.8. The van der Waals surface area contributed by atoms with E-state index < -0.39 is 15.4 Å². The Morgan fingerprint density at radius 3 is 2.50 bits per heavy atom. The molecule has 3 aromatic rings. The molecule has 2 heterocycles. The average Bonchev–Trinajstić information content (AvgIpc) is 3.74. The summed E-state index contributed by atoms with van der Waals surface area (Å²) in [6.45, 7) is 3.51. The van der Waals surface area contributed by atoms with E-state index in [0.717, 1.165) is 18.4 Å². The maximum Gasteiger partial charge on any atom is 0.237 e. The van der Waals surface area contributed by atoms with Crippen molar-refractivity contribution < 1.29 is 17.9 Å². The topological polar surface area (TPSA) is 123 Å². The molecule has 1 amide bonds. The third-order valence-electron chi connectivity index (χ3n) is 5.77. The monoisotopic (exact) mass is 499 g/mol. The van der Waals surface area contributed by atoms with Crippen LogP contribution in [0.4, 0.5) is 10.8 Å². The van der Waals surface area contributed by atoms with Gasteiger partial charge in [-0.25, -0.2) is 18.4 Å². The van der Waals surface area contributed by atoms with Crippen LogP contribution in [0.15, 0.2) is 42.0 Å². The molecule has 2 aliphatic rings. The zero-order valence-corrected chi connectivity index (χ0v) is 20.4. The van der Waals surface area contributed by atoms with Crippen LogP contribution in [0, 0.1) is 0 Å². The molecule has 11 heteroatoms. The number of thiazole rings is 1. The Balaban J connectivity index is 1.24. The Bertz CT molecular complexity index is 1310. The first-order valence-corrected chi connectivity index (χ1v) is 13.5. The van der Waals surface area contributed by atoms with Crippen LogP contribution in [0.25, 0.3) is 11.3 Å². The number of sulfonamides is 1. The number of hydrogen-bond acceptors (Lipinski definition) is 8. The maximum absolute atomic E-state index is 13.0. The van der Waals surface area contributed by atoms with Gasteiger partial charge < -0.3 is 10.1 Å². The lowest BCUT2D eigenvalue weighted by molar-refractivity contribution is -0.120. The highest BCUT2D eigenvalue weighted by molar-refractivity contribution is 7.93. The van der Waals surface area contributed by atoms with Crippen molar-refractivity contribution in [3.05, 3.63) is 47.7 Å². The summed E-state index contributed by atoms with van der Waals surface area (Å²) in [4.78, 5) is 26.1. The first-order valence-electron chi connectivity index (χ1n) is 11.1. The van der Waals surface area contributed by atoms with E-state index in [-0.39, 0.29) is 22.4 Å². The lowest BCUT2D eigenvalue weighted by atomic mass is 9.89. The number of carbonyl (C=O) groups is 1. The Labute approximate surface area is 202 Å². The molecule has 2 fully saturated rings. The number of benzene rings is 1. The molecule has 0 bridgehead atoms. The van der Waals surface area contributed by atoms with E-state index >= 15 is 0 Å². The van der Waals surface area contributed by atoms with Crippen molar-refractivity contribution in [2.45, 2.75) is 56.3 Å². The van der Waals surface area contributed by atoms with E-state index in [9.17, 15) is 13.2 Å². The minimum atomic E-state index is -3.39. The van der Waals surface area contributed by atoms with Crippen molar-refractivity contribution in [2.75, 3.05) is 10.0 Å². The fourth-order valence-corrected chi connectivity index (χ4v) is 5.69. The van der Waals surface area contributed by atoms with Crippen molar-refractivity contribution in [3.8, 4) is 17.1 Å². The molecular weight excluding hydrogens is 474 g/mol. The third-order valence-corrected chi connectivity index (χ3v) is 8.48. The summed E-state index contributed by atoms with van der Waals surface area (Å²) >= 11 is 1.18. The minimum absolute atomic E-state index is 0.248. The Hall–Kier alpha value is -3.05. The highest BCUT2D eigenvalue weighted by Crippen LogP contribution is 2.33. The smallest absolute Gasteiger partial charge is 0.237 e. The van der Waals surface area contributed by atoms with Crippen LogP contribution in [0.2, 0.25) is 0 Å². The van der Waals surface area contributed by atoms with Crippen LogP contribution in [0.3, 0.4) is 0 Å². The Morgan fingerprint density at radius 1 is 1.09 bits per heavy atom. The van der Waals surface area contributed by atoms with Crippen molar-refractivity contribution in [3.63, 3.8) is 0 Å². The number of carbonyl (C=O) groups excluding carboxylic acids is 1. The molecule has 0 aliphatic heterocycles. The molecule has 0 spiro atoms. The number of nitrogens with one attached hydrogen (secondary N) is 2. The fraction of sp³-hybridized carbons (Fsp3) is 0.391. The average molecular weight is 500 g/mol. The van der Waals surface area contributed by atoms with Gasteiger partial charge in [0, 0.05) is 16.6 Å². The highest BCUT2D eigenvalue weighted by atomic mass is 32.2. The van der Waals surface area contributed by atoms with Gasteiger partial charge in [0.1, 0.15) is 6.10 Å². The molecule has 2 aliphatic carbocycles. The summed E-state index contributed by atoms with van der Waals surface area (Å²) in [5.74, 6) is 0.267. The van der Waals surface area contributed by atoms with Crippen molar-refractivity contribution in [1.29, 1.82) is 0 Å². The Kier molecular flexibility index (Phi) is 5.76. The number of amides is 1. The van der Waals surface area contributed by atoms with Gasteiger partial charge >= 0.3 is 0 Å². The highest BCUT2D eigenvalue weighted by Gasteiger charge is 2.37. The van der Waals surface area contributed by atoms with E-state index in [1.165, 1.54) is 11.3 Å². The molecule has 2 saturated carbocycles. The van der Waals surface area contributed by atoms with Gasteiger partial charge in [-0.2, -0.15) is 0 Å². The van der Waals surface area contributed by atoms with Crippen LogP contribution in [0.5, 0.6) is 5.88 Å². The van der Waals surface area contributed by atoms with Crippen molar-refractivity contribution in [2.24, 2.45) is 0 Å². The van der Waals surface area contributed by atoms with Gasteiger partial charge in [-0.1, -0.05) is 12.1 Å². The summed E-state index contributed by atoms with van der Waals surface area (Å²) < 4.78 is 32.6. The fourth-order valence-electron chi connectivity index (χ4n) is 3.22. The van der Waals surface area contributed by atoms with Crippen molar-refractivity contribution in [1.82, 2.24) is 15.0 Å². The number of rotatable bonds is 9.